The molecule has 0 unspecified atom stereocenters. The highest BCUT2D eigenvalue weighted by molar-refractivity contribution is 9.10. The maximum absolute atomic E-state index is 12.6. The number of carbonyl (C=O) groups excluding carboxylic acids is 1. The molecule has 1 fully saturated rings. The maximum atomic E-state index is 12.6. The Morgan fingerprint density at radius 3 is 2.71 bits per heavy atom. The van der Waals surface area contributed by atoms with E-state index in [2.05, 4.69) is 34.2 Å². The fraction of sp³-hybridized carbons (Fsp3) is 0.320. The number of rotatable bonds is 6. The number of nitrogens with one attached hydrogen (secondary N) is 1. The number of ether oxygens (including phenoxy) is 1. The zero-order valence-electron chi connectivity index (χ0n) is 17.4. The van der Waals surface area contributed by atoms with Crippen molar-refractivity contribution in [1.29, 1.82) is 10.5 Å². The van der Waals surface area contributed by atoms with Gasteiger partial charge >= 0.3 is 0 Å². The van der Waals surface area contributed by atoms with Crippen LogP contribution < -0.4 is 10.1 Å². The Kier molecular flexibility index (Phi) is 7.87. The van der Waals surface area contributed by atoms with E-state index in [1.54, 1.807) is 30.3 Å². The number of hydrogen-bond acceptors (Lipinski definition) is 4. The van der Waals surface area contributed by atoms with Gasteiger partial charge in [0.2, 0.25) is 0 Å². The van der Waals surface area contributed by atoms with Gasteiger partial charge in [0.25, 0.3) is 5.91 Å². The molecule has 5 nitrogen and oxygen atoms in total. The minimum absolute atomic E-state index is 0.0845. The lowest BCUT2D eigenvalue weighted by Gasteiger charge is -2.29. The first-order valence-corrected chi connectivity index (χ1v) is 11.1. The van der Waals surface area contributed by atoms with E-state index >= 15 is 0 Å². The summed E-state index contributed by atoms with van der Waals surface area (Å²) >= 11 is 3.49. The van der Waals surface area contributed by atoms with Gasteiger partial charge in [0.05, 0.1) is 16.1 Å². The van der Waals surface area contributed by atoms with Crippen molar-refractivity contribution in [3.8, 4) is 17.9 Å². The number of hydrogen-bond donors (Lipinski definition) is 1. The standard InChI is InChI=1S/C25H24BrN3O2/c1-17-6-2-5-9-23(17)29-25(30)21(15-28)12-18-10-11-24(22(26)13-18)31-16-20-8-4-3-7-19(20)14-27/h3-4,7-8,10-13,17,23H,2,5-6,9,16H2,1H3,(H,29,30)/b21-12+/t17-,23-/m0/s1. The van der Waals surface area contributed by atoms with Crippen LogP contribution in [0.4, 0.5) is 0 Å². The highest BCUT2D eigenvalue weighted by Crippen LogP contribution is 2.28. The van der Waals surface area contributed by atoms with Crippen LogP contribution in [-0.4, -0.2) is 11.9 Å². The summed E-state index contributed by atoms with van der Waals surface area (Å²) in [5.74, 6) is 0.712. The predicted octanol–water partition coefficient (Wildman–Crippen LogP) is 5.50. The normalized spacial score (nSPS) is 18.5. The van der Waals surface area contributed by atoms with Crippen LogP contribution in [0.25, 0.3) is 6.08 Å². The third-order valence-electron chi connectivity index (χ3n) is 5.58. The summed E-state index contributed by atoms with van der Waals surface area (Å²) < 4.78 is 6.55. The van der Waals surface area contributed by atoms with Gasteiger partial charge in [0.15, 0.2) is 0 Å². The summed E-state index contributed by atoms with van der Waals surface area (Å²) in [5, 5.41) is 21.7. The smallest absolute Gasteiger partial charge is 0.262 e. The van der Waals surface area contributed by atoms with Crippen LogP contribution in [0.5, 0.6) is 5.75 Å². The lowest BCUT2D eigenvalue weighted by atomic mass is 9.86. The average Bonchev–Trinajstić information content (AvgIpc) is 2.78. The van der Waals surface area contributed by atoms with Crippen LogP contribution in [0.2, 0.25) is 0 Å². The zero-order chi connectivity index (χ0) is 22.2. The van der Waals surface area contributed by atoms with Crippen LogP contribution in [0.3, 0.4) is 0 Å². The fourth-order valence-electron chi connectivity index (χ4n) is 3.73. The van der Waals surface area contributed by atoms with E-state index in [-0.39, 0.29) is 24.1 Å². The first-order valence-electron chi connectivity index (χ1n) is 10.3. The molecule has 3 rings (SSSR count). The molecule has 0 heterocycles. The van der Waals surface area contributed by atoms with Crippen molar-refractivity contribution in [2.75, 3.05) is 0 Å². The van der Waals surface area contributed by atoms with Crippen molar-refractivity contribution < 1.29 is 9.53 Å². The average molecular weight is 478 g/mol. The highest BCUT2D eigenvalue weighted by Gasteiger charge is 2.24. The number of carbonyl (C=O) groups is 1. The predicted molar refractivity (Wildman–Crippen MR) is 123 cm³/mol. The van der Waals surface area contributed by atoms with E-state index in [4.69, 9.17) is 4.74 Å². The first kappa shape index (κ1) is 22.6. The second kappa shape index (κ2) is 10.8. The van der Waals surface area contributed by atoms with Gasteiger partial charge in [-0.25, -0.2) is 0 Å². The molecule has 1 aliphatic carbocycles. The molecular weight excluding hydrogens is 454 g/mol. The molecule has 1 aliphatic rings. The number of nitriles is 2. The van der Waals surface area contributed by atoms with E-state index in [1.807, 2.05) is 24.3 Å². The SMILES string of the molecule is C[C@H]1CCCC[C@@H]1NC(=O)/C(C#N)=C/c1ccc(OCc2ccccc2C#N)c(Br)c1. The van der Waals surface area contributed by atoms with Crippen molar-refractivity contribution in [1.82, 2.24) is 5.32 Å². The minimum atomic E-state index is -0.328. The maximum Gasteiger partial charge on any atom is 0.262 e. The van der Waals surface area contributed by atoms with Gasteiger partial charge in [-0.15, -0.1) is 0 Å². The molecular formula is C25H24BrN3O2. The largest absolute Gasteiger partial charge is 0.488 e. The van der Waals surface area contributed by atoms with Crippen LogP contribution in [0.15, 0.2) is 52.5 Å². The summed E-state index contributed by atoms with van der Waals surface area (Å²) in [4.78, 5) is 12.6. The summed E-state index contributed by atoms with van der Waals surface area (Å²) in [6, 6.07) is 17.0. The van der Waals surface area contributed by atoms with E-state index in [9.17, 15) is 15.3 Å². The quantitative estimate of drug-likeness (QED) is 0.439. The summed E-state index contributed by atoms with van der Waals surface area (Å²) in [6.07, 6.45) is 5.94. The van der Waals surface area contributed by atoms with Crippen molar-refractivity contribution in [2.24, 2.45) is 5.92 Å². The van der Waals surface area contributed by atoms with Gasteiger partial charge in [0, 0.05) is 11.6 Å². The number of benzene rings is 2. The third kappa shape index (κ3) is 5.96. The molecule has 0 aliphatic heterocycles. The molecule has 0 radical (unpaired) electrons. The molecule has 31 heavy (non-hydrogen) atoms. The second-order valence-electron chi connectivity index (χ2n) is 7.76. The Hall–Kier alpha value is -3.09. The fourth-order valence-corrected chi connectivity index (χ4v) is 4.24. The molecule has 1 saturated carbocycles. The molecule has 1 amide bonds. The summed E-state index contributed by atoms with van der Waals surface area (Å²) in [6.45, 7) is 2.41. The first-order chi connectivity index (χ1) is 15.0. The molecule has 0 bridgehead atoms. The Labute approximate surface area is 191 Å². The van der Waals surface area contributed by atoms with Crippen LogP contribution >= 0.6 is 15.9 Å². The molecule has 158 valence electrons. The molecule has 0 saturated heterocycles. The number of amides is 1. The van der Waals surface area contributed by atoms with Crippen LogP contribution in [-0.2, 0) is 11.4 Å². The van der Waals surface area contributed by atoms with E-state index in [0.717, 1.165) is 30.4 Å². The van der Waals surface area contributed by atoms with Crippen LogP contribution in [0, 0.1) is 28.6 Å². The van der Waals surface area contributed by atoms with Gasteiger partial charge in [-0.1, -0.05) is 44.0 Å². The Bertz CT molecular complexity index is 1070. The van der Waals surface area contributed by atoms with Crippen molar-refractivity contribution >= 4 is 27.9 Å². The molecule has 2 atom stereocenters. The molecule has 1 N–H and O–H groups in total. The molecule has 2 aromatic rings. The number of nitrogens with zero attached hydrogens (tertiary/aromatic N) is 2. The molecule has 0 aromatic heterocycles. The van der Waals surface area contributed by atoms with Gasteiger partial charge in [-0.2, -0.15) is 10.5 Å². The Morgan fingerprint density at radius 1 is 1.23 bits per heavy atom. The molecule has 2 aromatic carbocycles. The second-order valence-corrected chi connectivity index (χ2v) is 8.61. The van der Waals surface area contributed by atoms with E-state index in [0.29, 0.717) is 21.7 Å². The Balaban J connectivity index is 1.69. The topological polar surface area (TPSA) is 85.9 Å². The van der Waals surface area contributed by atoms with E-state index < -0.39 is 0 Å². The summed E-state index contributed by atoms with van der Waals surface area (Å²) in [5.41, 5.74) is 2.19. The van der Waals surface area contributed by atoms with Crippen molar-refractivity contribution in [3.63, 3.8) is 0 Å². The lowest BCUT2D eigenvalue weighted by Crippen LogP contribution is -2.41. The monoisotopic (exact) mass is 477 g/mol. The van der Waals surface area contributed by atoms with Gasteiger partial charge in [0.1, 0.15) is 24.0 Å². The van der Waals surface area contributed by atoms with Crippen LogP contribution in [0.1, 0.15) is 49.3 Å². The van der Waals surface area contributed by atoms with E-state index in [1.165, 1.54) is 6.42 Å². The van der Waals surface area contributed by atoms with Crippen molar-refractivity contribution in [2.45, 2.75) is 45.3 Å². The van der Waals surface area contributed by atoms with Gasteiger partial charge < -0.3 is 10.1 Å². The summed E-state index contributed by atoms with van der Waals surface area (Å²) in [7, 11) is 0. The number of halogens is 1. The third-order valence-corrected chi connectivity index (χ3v) is 6.20. The minimum Gasteiger partial charge on any atom is -0.488 e. The zero-order valence-corrected chi connectivity index (χ0v) is 19.0. The molecule has 0 spiro atoms. The Morgan fingerprint density at radius 2 is 2.00 bits per heavy atom. The highest BCUT2D eigenvalue weighted by atomic mass is 79.9. The van der Waals surface area contributed by atoms with Crippen molar-refractivity contribution in [3.05, 3.63) is 69.2 Å². The molecule has 6 heteroatoms. The lowest BCUT2D eigenvalue weighted by molar-refractivity contribution is -0.118. The van der Waals surface area contributed by atoms with Gasteiger partial charge in [-0.3, -0.25) is 4.79 Å². The van der Waals surface area contributed by atoms with Gasteiger partial charge in [-0.05, 0) is 64.5 Å².